The van der Waals surface area contributed by atoms with Gasteiger partial charge < -0.3 is 0 Å². The molecule has 7 rings (SSSR count). The SMILES string of the molecule is CC1=Cc2c(-c3ccccc3)cccc2[CH]1[Zr]([Cl])([Cl])([NH]c1ccccc1)[CH]1C(C)=Cc2c(-c3ccccc3)cccc21. The summed E-state index contributed by atoms with van der Waals surface area (Å²) < 4.78 is 3.70. The van der Waals surface area contributed by atoms with Crippen molar-refractivity contribution in [2.24, 2.45) is 0 Å². The molecule has 1 nitrogen and oxygen atoms in total. The molecule has 5 aromatic rings. The summed E-state index contributed by atoms with van der Waals surface area (Å²) >= 11 is -5.23. The number of halogens is 2. The first-order chi connectivity index (χ1) is 20.3. The van der Waals surface area contributed by atoms with Crippen molar-refractivity contribution in [3.05, 3.63) is 161 Å². The maximum absolute atomic E-state index is 8.37. The molecule has 0 bridgehead atoms. The number of fused-ring (bicyclic) bond motifs is 2. The summed E-state index contributed by atoms with van der Waals surface area (Å²) in [6.07, 6.45) is 4.64. The van der Waals surface area contributed by atoms with E-state index < -0.39 is 16.7 Å². The van der Waals surface area contributed by atoms with Gasteiger partial charge in [0.1, 0.15) is 0 Å². The zero-order chi connectivity index (χ0) is 28.9. The van der Waals surface area contributed by atoms with Crippen LogP contribution in [-0.2, 0) is 16.7 Å². The third-order valence-electron chi connectivity index (χ3n) is 8.94. The summed E-state index contributed by atoms with van der Waals surface area (Å²) in [6, 6.07) is 44.7. The fourth-order valence-electron chi connectivity index (χ4n) is 7.36. The van der Waals surface area contributed by atoms with Crippen LogP contribution in [0.15, 0.2) is 139 Å². The summed E-state index contributed by atoms with van der Waals surface area (Å²) in [5.41, 5.74) is 13.1. The third kappa shape index (κ3) is 4.48. The Balaban J connectivity index is 1.45. The van der Waals surface area contributed by atoms with E-state index in [-0.39, 0.29) is 7.25 Å². The first kappa shape index (κ1) is 27.7. The van der Waals surface area contributed by atoms with Gasteiger partial charge in [-0.1, -0.05) is 0 Å². The Morgan fingerprint density at radius 2 is 0.905 bits per heavy atom. The Morgan fingerprint density at radius 1 is 0.500 bits per heavy atom. The van der Waals surface area contributed by atoms with Gasteiger partial charge >= 0.3 is 259 Å². The van der Waals surface area contributed by atoms with Gasteiger partial charge in [-0.05, 0) is 0 Å². The number of hydrogen-bond acceptors (Lipinski definition) is 1. The Bertz CT molecular complexity index is 1750. The van der Waals surface area contributed by atoms with E-state index in [4.69, 9.17) is 17.0 Å². The first-order valence-electron chi connectivity index (χ1n) is 14.5. The van der Waals surface area contributed by atoms with Crippen LogP contribution in [0.25, 0.3) is 34.4 Å². The first-order valence-corrected chi connectivity index (χ1v) is 24.9. The van der Waals surface area contributed by atoms with E-state index in [9.17, 15) is 0 Å². The van der Waals surface area contributed by atoms with Crippen molar-refractivity contribution in [1.82, 2.24) is 0 Å². The van der Waals surface area contributed by atoms with Crippen molar-refractivity contribution in [2.75, 3.05) is 3.26 Å². The van der Waals surface area contributed by atoms with Gasteiger partial charge in [0.05, 0.1) is 0 Å². The van der Waals surface area contributed by atoms with Crippen LogP contribution < -0.4 is 3.26 Å². The minimum absolute atomic E-state index is 0.117. The average Bonchev–Trinajstić information content (AvgIpc) is 3.55. The molecular formula is C38H32Cl2NZr. The molecule has 4 heteroatoms. The molecule has 0 spiro atoms. The van der Waals surface area contributed by atoms with Gasteiger partial charge in [-0.2, -0.15) is 0 Å². The van der Waals surface area contributed by atoms with Crippen molar-refractivity contribution in [2.45, 2.75) is 21.1 Å². The van der Waals surface area contributed by atoms with Crippen molar-refractivity contribution < 1.29 is 16.7 Å². The van der Waals surface area contributed by atoms with Gasteiger partial charge in [0.2, 0.25) is 0 Å². The predicted molar refractivity (Wildman–Crippen MR) is 178 cm³/mol. The van der Waals surface area contributed by atoms with E-state index in [0.717, 1.165) is 5.69 Å². The van der Waals surface area contributed by atoms with Crippen LogP contribution in [0.3, 0.4) is 0 Å². The third-order valence-corrected chi connectivity index (χ3v) is 26.1. The number of allylic oxidation sites excluding steroid dienone is 2. The molecule has 2 unspecified atom stereocenters. The topological polar surface area (TPSA) is 12.0 Å². The van der Waals surface area contributed by atoms with Crippen molar-refractivity contribution in [3.63, 3.8) is 0 Å². The molecule has 0 radical (unpaired) electrons. The molecule has 42 heavy (non-hydrogen) atoms. The Labute approximate surface area is 257 Å². The predicted octanol–water partition coefficient (Wildman–Crippen LogP) is 11.7. The molecule has 0 saturated carbocycles. The van der Waals surface area contributed by atoms with Crippen LogP contribution in [0, 0.1) is 0 Å². The summed E-state index contributed by atoms with van der Waals surface area (Å²) in [5, 5.41) is 0. The van der Waals surface area contributed by atoms with Crippen LogP contribution in [0.1, 0.15) is 43.4 Å². The molecule has 5 aromatic carbocycles. The zero-order valence-electron chi connectivity index (χ0n) is 23.7. The monoisotopic (exact) mass is 662 g/mol. The molecule has 0 aliphatic heterocycles. The molecule has 0 saturated heterocycles. The van der Waals surface area contributed by atoms with Crippen molar-refractivity contribution >= 4 is 34.9 Å². The quantitative estimate of drug-likeness (QED) is 0.190. The summed E-state index contributed by atoms with van der Waals surface area (Å²) in [7, 11) is 16.7. The summed E-state index contributed by atoms with van der Waals surface area (Å²) in [4.78, 5) is 0. The number of para-hydroxylation sites is 1. The van der Waals surface area contributed by atoms with Gasteiger partial charge in [0.25, 0.3) is 0 Å². The molecule has 0 heterocycles. The molecule has 0 aromatic heterocycles. The van der Waals surface area contributed by atoms with Crippen LogP contribution in [-0.4, -0.2) is 0 Å². The number of anilines is 1. The molecule has 0 amide bonds. The van der Waals surface area contributed by atoms with Crippen LogP contribution in [0.4, 0.5) is 5.69 Å². The molecule has 0 fully saturated rings. The number of nitrogens with one attached hydrogen (secondary N) is 1. The summed E-state index contributed by atoms with van der Waals surface area (Å²) in [6.45, 7) is 4.42. The Kier molecular flexibility index (Phi) is 6.94. The average molecular weight is 665 g/mol. The molecule has 2 atom stereocenters. The van der Waals surface area contributed by atoms with Gasteiger partial charge in [0, 0.05) is 0 Å². The molecule has 2 aliphatic rings. The van der Waals surface area contributed by atoms with E-state index in [2.05, 4.69) is 138 Å². The van der Waals surface area contributed by atoms with Gasteiger partial charge in [-0.25, -0.2) is 0 Å². The standard InChI is InChI=1S/2C16H13.C6H6N.2ClH.Zr/c2*1-12-10-14-8-5-9-15(16(14)11-12)13-6-3-2-4-7-13;7-6-4-2-1-3-5-6;;;/h2*2-11H,1H3;1-5,7H;2*1H;/q;;-1;;;+3/p-2. The van der Waals surface area contributed by atoms with E-state index in [1.807, 2.05) is 18.2 Å². The van der Waals surface area contributed by atoms with E-state index in [0.29, 0.717) is 0 Å². The second kappa shape index (κ2) is 10.5. The second-order valence-electron chi connectivity index (χ2n) is 11.6. The molecule has 1 N–H and O–H groups in total. The molecule has 2 aliphatic carbocycles. The van der Waals surface area contributed by atoms with Gasteiger partial charge in [-0.15, -0.1) is 0 Å². The van der Waals surface area contributed by atoms with Crippen LogP contribution in [0.2, 0.25) is 0 Å². The van der Waals surface area contributed by atoms with Crippen molar-refractivity contribution in [1.29, 1.82) is 0 Å². The molecule has 207 valence electrons. The van der Waals surface area contributed by atoms with E-state index in [1.165, 1.54) is 55.7 Å². The number of rotatable bonds is 6. The number of benzene rings is 5. The Hall–Kier alpha value is -3.16. The minimum atomic E-state index is -5.23. The zero-order valence-corrected chi connectivity index (χ0v) is 27.7. The van der Waals surface area contributed by atoms with Crippen molar-refractivity contribution in [3.8, 4) is 22.3 Å². The van der Waals surface area contributed by atoms with Gasteiger partial charge in [0.15, 0.2) is 0 Å². The van der Waals surface area contributed by atoms with E-state index >= 15 is 0 Å². The Morgan fingerprint density at radius 3 is 1.33 bits per heavy atom. The van der Waals surface area contributed by atoms with Crippen LogP contribution in [0.5, 0.6) is 0 Å². The van der Waals surface area contributed by atoms with Gasteiger partial charge in [-0.3, -0.25) is 0 Å². The fourth-order valence-corrected chi connectivity index (χ4v) is 27.4. The maximum atomic E-state index is 8.37. The number of hydrogen-bond donors (Lipinski definition) is 1. The van der Waals surface area contributed by atoms with E-state index in [1.54, 1.807) is 0 Å². The fraction of sp³-hybridized carbons (Fsp3) is 0.105. The normalized spacial score (nSPS) is 18.3. The van der Waals surface area contributed by atoms with Crippen LogP contribution >= 0.6 is 17.0 Å². The molecular weight excluding hydrogens is 633 g/mol. The summed E-state index contributed by atoms with van der Waals surface area (Å²) in [5.74, 6) is 0. The second-order valence-corrected chi connectivity index (χ2v) is 31.5.